The van der Waals surface area contributed by atoms with Crippen molar-refractivity contribution in [1.82, 2.24) is 4.98 Å². The molecule has 1 amide bonds. The van der Waals surface area contributed by atoms with Crippen molar-refractivity contribution in [1.29, 1.82) is 0 Å². The number of hydrogen-bond donors (Lipinski definition) is 2. The van der Waals surface area contributed by atoms with Gasteiger partial charge in [-0.25, -0.2) is 14.6 Å². The maximum atomic E-state index is 11.6. The van der Waals surface area contributed by atoms with E-state index in [0.717, 1.165) is 11.3 Å². The number of aromatic nitrogens is 1. The molecule has 1 heterocycles. The van der Waals surface area contributed by atoms with Crippen LogP contribution in [-0.2, 0) is 4.74 Å². The second-order valence-electron chi connectivity index (χ2n) is 5.00. The first-order chi connectivity index (χ1) is 8.60. The lowest BCUT2D eigenvalue weighted by Gasteiger charge is -2.19. The lowest BCUT2D eigenvalue weighted by molar-refractivity contribution is 0.0635. The van der Waals surface area contributed by atoms with Gasteiger partial charge in [-0.05, 0) is 20.8 Å². The van der Waals surface area contributed by atoms with Crippen LogP contribution in [0.2, 0.25) is 0 Å². The van der Waals surface area contributed by atoms with Gasteiger partial charge in [-0.15, -0.1) is 0 Å². The van der Waals surface area contributed by atoms with Gasteiger partial charge in [-0.1, -0.05) is 11.3 Å². The van der Waals surface area contributed by atoms with Crippen molar-refractivity contribution >= 4 is 34.3 Å². The Hall–Kier alpha value is -1.83. The molecule has 0 bridgehead atoms. The number of hydrogen-bond acceptors (Lipinski definition) is 6. The first kappa shape index (κ1) is 15.2. The highest BCUT2D eigenvalue weighted by atomic mass is 32.1. The van der Waals surface area contributed by atoms with E-state index >= 15 is 0 Å². The van der Waals surface area contributed by atoms with Gasteiger partial charge in [0.15, 0.2) is 15.8 Å². The summed E-state index contributed by atoms with van der Waals surface area (Å²) in [7, 11) is 3.48. The summed E-state index contributed by atoms with van der Waals surface area (Å²) >= 11 is 0.981. The van der Waals surface area contributed by atoms with Gasteiger partial charge in [-0.2, -0.15) is 0 Å². The number of rotatable bonds is 3. The second kappa shape index (κ2) is 5.43. The van der Waals surface area contributed by atoms with Gasteiger partial charge < -0.3 is 14.7 Å². The quantitative estimate of drug-likeness (QED) is 0.886. The van der Waals surface area contributed by atoms with Crippen molar-refractivity contribution in [3.8, 4) is 0 Å². The van der Waals surface area contributed by atoms with E-state index in [1.165, 1.54) is 0 Å². The first-order valence-corrected chi connectivity index (χ1v) is 6.33. The van der Waals surface area contributed by atoms with E-state index in [-0.39, 0.29) is 10.7 Å². The van der Waals surface area contributed by atoms with Gasteiger partial charge in [-0.3, -0.25) is 5.32 Å². The highest BCUT2D eigenvalue weighted by Crippen LogP contribution is 2.29. The number of anilines is 2. The lowest BCUT2D eigenvalue weighted by Crippen LogP contribution is -2.27. The highest BCUT2D eigenvalue weighted by molar-refractivity contribution is 7.18. The Morgan fingerprint density at radius 1 is 1.37 bits per heavy atom. The van der Waals surface area contributed by atoms with Crippen LogP contribution in [0, 0.1) is 0 Å². The van der Waals surface area contributed by atoms with Crippen LogP contribution in [0.5, 0.6) is 0 Å². The maximum Gasteiger partial charge on any atom is 0.413 e. The fourth-order valence-corrected chi connectivity index (χ4v) is 1.91. The molecule has 106 valence electrons. The third-order valence-electron chi connectivity index (χ3n) is 1.81. The summed E-state index contributed by atoms with van der Waals surface area (Å²) in [5.74, 6) is -1.15. The molecule has 1 aromatic rings. The number of carbonyl (C=O) groups is 2. The number of ether oxygens (including phenoxy) is 1. The van der Waals surface area contributed by atoms with Crippen molar-refractivity contribution in [2.24, 2.45) is 0 Å². The smallest absolute Gasteiger partial charge is 0.413 e. The van der Waals surface area contributed by atoms with Crippen molar-refractivity contribution in [2.45, 2.75) is 26.4 Å². The van der Waals surface area contributed by atoms with Gasteiger partial charge in [0.1, 0.15) is 5.60 Å². The number of carboxylic acid groups (broad SMARTS) is 1. The normalized spacial score (nSPS) is 11.0. The van der Waals surface area contributed by atoms with Crippen LogP contribution < -0.4 is 10.2 Å². The minimum Gasteiger partial charge on any atom is -0.477 e. The largest absolute Gasteiger partial charge is 0.477 e. The van der Waals surface area contributed by atoms with E-state index in [1.54, 1.807) is 39.8 Å². The molecule has 0 aromatic carbocycles. The Morgan fingerprint density at radius 3 is 2.37 bits per heavy atom. The Morgan fingerprint density at radius 2 is 1.95 bits per heavy atom. The molecule has 1 rings (SSSR count). The predicted molar refractivity (Wildman–Crippen MR) is 73.3 cm³/mol. The molecule has 0 atom stereocenters. The molecular weight excluding hydrogens is 270 g/mol. The number of amides is 1. The molecule has 0 aliphatic carbocycles. The SMILES string of the molecule is CN(C)c1nc(NC(=O)OC(C)(C)C)c(C(=O)O)s1. The van der Waals surface area contributed by atoms with E-state index in [2.05, 4.69) is 10.3 Å². The molecule has 0 unspecified atom stereocenters. The number of nitrogens with zero attached hydrogens (tertiary/aromatic N) is 2. The maximum absolute atomic E-state index is 11.6. The molecule has 7 nitrogen and oxygen atoms in total. The molecule has 0 aliphatic heterocycles. The van der Waals surface area contributed by atoms with Crippen molar-refractivity contribution in [2.75, 3.05) is 24.3 Å². The summed E-state index contributed by atoms with van der Waals surface area (Å²) in [6.45, 7) is 5.16. The minimum absolute atomic E-state index is 0.00421. The predicted octanol–water partition coefficient (Wildman–Crippen LogP) is 2.25. The molecule has 8 heteroatoms. The standard InChI is InChI=1S/C11H17N3O4S/c1-11(2,3)18-10(17)13-7-6(8(15)16)19-9(12-7)14(4)5/h1-5H3,(H,13,17)(H,15,16). The van der Waals surface area contributed by atoms with Crippen LogP contribution in [0.3, 0.4) is 0 Å². The fraction of sp³-hybridized carbons (Fsp3) is 0.545. The number of nitrogens with one attached hydrogen (secondary N) is 1. The van der Waals surface area contributed by atoms with Gasteiger partial charge >= 0.3 is 12.1 Å². The van der Waals surface area contributed by atoms with Gasteiger partial charge in [0.05, 0.1) is 0 Å². The molecule has 2 N–H and O–H groups in total. The average molecular weight is 287 g/mol. The number of carboxylic acids is 1. The zero-order chi connectivity index (χ0) is 14.8. The Labute approximate surface area is 115 Å². The number of carbonyl (C=O) groups excluding carboxylic acids is 1. The summed E-state index contributed by atoms with van der Waals surface area (Å²) in [6, 6.07) is 0. The molecule has 0 saturated carbocycles. The Bertz CT molecular complexity index is 491. The molecule has 0 saturated heterocycles. The van der Waals surface area contributed by atoms with E-state index in [1.807, 2.05) is 0 Å². The van der Waals surface area contributed by atoms with E-state index in [4.69, 9.17) is 9.84 Å². The van der Waals surface area contributed by atoms with Crippen molar-refractivity contribution < 1.29 is 19.4 Å². The van der Waals surface area contributed by atoms with Crippen molar-refractivity contribution in [3.05, 3.63) is 4.88 Å². The minimum atomic E-state index is -1.14. The molecule has 0 aliphatic rings. The third kappa shape index (κ3) is 4.40. The molecular formula is C11H17N3O4S. The number of aromatic carboxylic acids is 1. The third-order valence-corrected chi connectivity index (χ3v) is 3.02. The first-order valence-electron chi connectivity index (χ1n) is 5.51. The van der Waals surface area contributed by atoms with E-state index in [0.29, 0.717) is 5.13 Å². The summed E-state index contributed by atoms with van der Waals surface area (Å²) in [4.78, 5) is 28.4. The molecule has 0 radical (unpaired) electrons. The van der Waals surface area contributed by atoms with Gasteiger partial charge in [0.2, 0.25) is 0 Å². The Balaban J connectivity index is 2.93. The van der Waals surface area contributed by atoms with Crippen LogP contribution in [-0.4, -0.2) is 41.8 Å². The van der Waals surface area contributed by atoms with Crippen LogP contribution in [0.1, 0.15) is 30.4 Å². The fourth-order valence-electron chi connectivity index (χ4n) is 1.13. The van der Waals surface area contributed by atoms with E-state index in [9.17, 15) is 9.59 Å². The molecule has 1 aromatic heterocycles. The van der Waals surface area contributed by atoms with Crippen LogP contribution in [0.25, 0.3) is 0 Å². The van der Waals surface area contributed by atoms with Crippen LogP contribution >= 0.6 is 11.3 Å². The topological polar surface area (TPSA) is 91.8 Å². The highest BCUT2D eigenvalue weighted by Gasteiger charge is 2.23. The molecule has 0 fully saturated rings. The van der Waals surface area contributed by atoms with E-state index < -0.39 is 17.7 Å². The monoisotopic (exact) mass is 287 g/mol. The molecule has 0 spiro atoms. The average Bonchev–Trinajstić information content (AvgIpc) is 2.58. The van der Waals surface area contributed by atoms with Crippen LogP contribution in [0.15, 0.2) is 0 Å². The van der Waals surface area contributed by atoms with Gasteiger partial charge in [0, 0.05) is 14.1 Å². The summed E-state index contributed by atoms with van der Waals surface area (Å²) in [5.41, 5.74) is -0.659. The van der Waals surface area contributed by atoms with Crippen LogP contribution in [0.4, 0.5) is 15.7 Å². The zero-order valence-electron chi connectivity index (χ0n) is 11.5. The summed E-state index contributed by atoms with van der Waals surface area (Å²) in [5, 5.41) is 11.9. The number of thiazole rings is 1. The summed E-state index contributed by atoms with van der Waals surface area (Å²) < 4.78 is 5.05. The summed E-state index contributed by atoms with van der Waals surface area (Å²) in [6.07, 6.45) is -0.731. The van der Waals surface area contributed by atoms with Gasteiger partial charge in [0.25, 0.3) is 0 Å². The zero-order valence-corrected chi connectivity index (χ0v) is 12.3. The lowest BCUT2D eigenvalue weighted by atomic mass is 10.2. The second-order valence-corrected chi connectivity index (χ2v) is 5.98. The molecule has 19 heavy (non-hydrogen) atoms. The Kier molecular flexibility index (Phi) is 4.35. The van der Waals surface area contributed by atoms with Crippen molar-refractivity contribution in [3.63, 3.8) is 0 Å².